The number of thiazole rings is 1. The Morgan fingerprint density at radius 3 is 2.95 bits per heavy atom. The summed E-state index contributed by atoms with van der Waals surface area (Å²) in [5, 5.41) is 12.1. The molecule has 0 atom stereocenters. The minimum atomic E-state index is -0.950. The van der Waals surface area contributed by atoms with Gasteiger partial charge in [0.2, 0.25) is 0 Å². The summed E-state index contributed by atoms with van der Waals surface area (Å²) in [4.78, 5) is 15.4. The van der Waals surface area contributed by atoms with Crippen molar-refractivity contribution in [3.8, 4) is 5.75 Å². The third-order valence-corrected chi connectivity index (χ3v) is 3.83. The summed E-state index contributed by atoms with van der Waals surface area (Å²) in [6.45, 7) is 4.38. The maximum atomic E-state index is 10.9. The van der Waals surface area contributed by atoms with Gasteiger partial charge in [-0.3, -0.25) is 0 Å². The highest BCUT2D eigenvalue weighted by Gasteiger charge is 2.08. The smallest absolute Gasteiger partial charge is 0.335 e. The van der Waals surface area contributed by atoms with Gasteiger partial charge in [0.05, 0.1) is 16.3 Å². The Labute approximate surface area is 122 Å². The predicted molar refractivity (Wildman–Crippen MR) is 78.6 cm³/mol. The van der Waals surface area contributed by atoms with Crippen LogP contribution in [0, 0.1) is 6.92 Å². The number of nitrogens with zero attached hydrogens (tertiary/aromatic N) is 1. The van der Waals surface area contributed by atoms with Crippen molar-refractivity contribution in [3.63, 3.8) is 0 Å². The van der Waals surface area contributed by atoms with E-state index in [-0.39, 0.29) is 5.56 Å². The lowest BCUT2D eigenvalue weighted by Gasteiger charge is -2.08. The SMILES string of the molecule is CCCc1nc(COc2cc(C(=O)O)ccc2C)cs1. The van der Waals surface area contributed by atoms with Crippen LogP contribution in [0.3, 0.4) is 0 Å². The van der Waals surface area contributed by atoms with Gasteiger partial charge in [-0.25, -0.2) is 9.78 Å². The average molecular weight is 291 g/mol. The molecular weight excluding hydrogens is 274 g/mol. The maximum absolute atomic E-state index is 10.9. The molecule has 5 heteroatoms. The molecule has 1 aromatic carbocycles. The number of rotatable bonds is 6. The van der Waals surface area contributed by atoms with Gasteiger partial charge in [0.1, 0.15) is 12.4 Å². The Morgan fingerprint density at radius 1 is 1.45 bits per heavy atom. The van der Waals surface area contributed by atoms with Crippen molar-refractivity contribution in [1.82, 2.24) is 4.98 Å². The van der Waals surface area contributed by atoms with Crippen LogP contribution in [0.4, 0.5) is 0 Å². The number of aromatic nitrogens is 1. The molecule has 1 aromatic heterocycles. The molecule has 0 fully saturated rings. The molecule has 20 heavy (non-hydrogen) atoms. The van der Waals surface area contributed by atoms with E-state index >= 15 is 0 Å². The first-order valence-corrected chi connectivity index (χ1v) is 7.38. The molecule has 0 spiro atoms. The van der Waals surface area contributed by atoms with Gasteiger partial charge in [-0.05, 0) is 37.5 Å². The molecule has 0 aliphatic heterocycles. The summed E-state index contributed by atoms with van der Waals surface area (Å²) in [6.07, 6.45) is 2.06. The van der Waals surface area contributed by atoms with Gasteiger partial charge in [-0.15, -0.1) is 11.3 Å². The van der Waals surface area contributed by atoms with Crippen molar-refractivity contribution < 1.29 is 14.6 Å². The lowest BCUT2D eigenvalue weighted by atomic mass is 10.1. The molecule has 106 valence electrons. The van der Waals surface area contributed by atoms with Gasteiger partial charge in [-0.2, -0.15) is 0 Å². The van der Waals surface area contributed by atoms with Crippen molar-refractivity contribution in [3.05, 3.63) is 45.4 Å². The second-order valence-electron chi connectivity index (χ2n) is 4.56. The van der Waals surface area contributed by atoms with Crippen LogP contribution in [0.2, 0.25) is 0 Å². The van der Waals surface area contributed by atoms with E-state index in [1.165, 1.54) is 0 Å². The molecule has 0 aliphatic carbocycles. The molecule has 1 heterocycles. The fraction of sp³-hybridized carbons (Fsp3) is 0.333. The zero-order valence-electron chi connectivity index (χ0n) is 11.5. The second-order valence-corrected chi connectivity index (χ2v) is 5.50. The molecular formula is C15H17NO3S. The van der Waals surface area contributed by atoms with E-state index < -0.39 is 5.97 Å². The molecule has 0 aliphatic rings. The van der Waals surface area contributed by atoms with Gasteiger partial charge in [0.15, 0.2) is 0 Å². The number of carboxylic acids is 1. The molecule has 4 nitrogen and oxygen atoms in total. The van der Waals surface area contributed by atoms with E-state index in [9.17, 15) is 4.79 Å². The fourth-order valence-corrected chi connectivity index (χ4v) is 2.67. The van der Waals surface area contributed by atoms with E-state index in [2.05, 4.69) is 11.9 Å². The number of aryl methyl sites for hydroxylation is 2. The minimum absolute atomic E-state index is 0.232. The van der Waals surface area contributed by atoms with Gasteiger partial charge in [0, 0.05) is 5.38 Å². The number of aromatic carboxylic acids is 1. The Kier molecular flexibility index (Phi) is 4.74. The van der Waals surface area contributed by atoms with Crippen LogP contribution in [0.5, 0.6) is 5.75 Å². The number of benzene rings is 1. The number of hydrogen-bond donors (Lipinski definition) is 1. The highest BCUT2D eigenvalue weighted by Crippen LogP contribution is 2.21. The third kappa shape index (κ3) is 3.57. The highest BCUT2D eigenvalue weighted by molar-refractivity contribution is 7.09. The first-order chi connectivity index (χ1) is 9.60. The lowest BCUT2D eigenvalue weighted by Crippen LogP contribution is -2.01. The summed E-state index contributed by atoms with van der Waals surface area (Å²) in [6, 6.07) is 4.88. The molecule has 0 radical (unpaired) electrons. The molecule has 0 saturated heterocycles. The lowest BCUT2D eigenvalue weighted by molar-refractivity contribution is 0.0696. The van der Waals surface area contributed by atoms with Gasteiger partial charge < -0.3 is 9.84 Å². The van der Waals surface area contributed by atoms with E-state index in [0.717, 1.165) is 29.1 Å². The van der Waals surface area contributed by atoms with Crippen LogP contribution in [0.25, 0.3) is 0 Å². The molecule has 0 amide bonds. The molecule has 1 N–H and O–H groups in total. The Hall–Kier alpha value is -1.88. The molecule has 0 saturated carbocycles. The molecule has 0 bridgehead atoms. The molecule has 2 rings (SSSR count). The number of hydrogen-bond acceptors (Lipinski definition) is 4. The Bertz CT molecular complexity index is 607. The third-order valence-electron chi connectivity index (χ3n) is 2.87. The minimum Gasteiger partial charge on any atom is -0.487 e. The topological polar surface area (TPSA) is 59.4 Å². The van der Waals surface area contributed by atoms with Gasteiger partial charge in [0.25, 0.3) is 0 Å². The summed E-state index contributed by atoms with van der Waals surface area (Å²) >= 11 is 1.64. The zero-order chi connectivity index (χ0) is 14.5. The molecule has 0 unspecified atom stereocenters. The van der Waals surface area contributed by atoms with Crippen LogP contribution >= 0.6 is 11.3 Å². The van der Waals surface area contributed by atoms with E-state index in [4.69, 9.17) is 9.84 Å². The molecule has 2 aromatic rings. The fourth-order valence-electron chi connectivity index (χ4n) is 1.78. The van der Waals surface area contributed by atoms with Crippen molar-refractivity contribution >= 4 is 17.3 Å². The normalized spacial score (nSPS) is 10.5. The Balaban J connectivity index is 2.05. The maximum Gasteiger partial charge on any atom is 0.335 e. The largest absolute Gasteiger partial charge is 0.487 e. The van der Waals surface area contributed by atoms with E-state index in [1.807, 2.05) is 12.3 Å². The summed E-state index contributed by atoms with van der Waals surface area (Å²) < 4.78 is 5.69. The van der Waals surface area contributed by atoms with Crippen LogP contribution < -0.4 is 4.74 Å². The average Bonchev–Trinajstić information content (AvgIpc) is 2.86. The first kappa shape index (κ1) is 14.5. The van der Waals surface area contributed by atoms with Crippen molar-refractivity contribution in [2.45, 2.75) is 33.3 Å². The van der Waals surface area contributed by atoms with Crippen LogP contribution in [0.1, 0.15) is 40.0 Å². The van der Waals surface area contributed by atoms with Gasteiger partial charge >= 0.3 is 5.97 Å². The first-order valence-electron chi connectivity index (χ1n) is 6.50. The zero-order valence-corrected chi connectivity index (χ0v) is 12.4. The standard InChI is InChI=1S/C15H17NO3S/c1-3-4-14-16-12(9-20-14)8-19-13-7-11(15(17)18)6-5-10(13)2/h5-7,9H,3-4,8H2,1-2H3,(H,17,18). The van der Waals surface area contributed by atoms with Crippen LogP contribution in [-0.4, -0.2) is 16.1 Å². The second kappa shape index (κ2) is 6.52. The number of carbonyl (C=O) groups is 1. The van der Waals surface area contributed by atoms with Crippen LogP contribution in [0.15, 0.2) is 23.6 Å². The Morgan fingerprint density at radius 2 is 2.25 bits per heavy atom. The monoisotopic (exact) mass is 291 g/mol. The van der Waals surface area contributed by atoms with Crippen molar-refractivity contribution in [2.24, 2.45) is 0 Å². The van der Waals surface area contributed by atoms with Crippen molar-refractivity contribution in [1.29, 1.82) is 0 Å². The number of carboxylic acid groups (broad SMARTS) is 1. The van der Waals surface area contributed by atoms with Gasteiger partial charge in [-0.1, -0.05) is 13.0 Å². The quantitative estimate of drug-likeness (QED) is 0.882. The summed E-state index contributed by atoms with van der Waals surface area (Å²) in [7, 11) is 0. The van der Waals surface area contributed by atoms with Crippen molar-refractivity contribution in [2.75, 3.05) is 0 Å². The van der Waals surface area contributed by atoms with E-state index in [1.54, 1.807) is 29.5 Å². The highest BCUT2D eigenvalue weighted by atomic mass is 32.1. The summed E-state index contributed by atoms with van der Waals surface area (Å²) in [5.74, 6) is -0.358. The predicted octanol–water partition coefficient (Wildman–Crippen LogP) is 3.68. The van der Waals surface area contributed by atoms with E-state index in [0.29, 0.717) is 12.4 Å². The summed E-state index contributed by atoms with van der Waals surface area (Å²) in [5.41, 5.74) is 2.04. The number of ether oxygens (including phenoxy) is 1. The van der Waals surface area contributed by atoms with Crippen LogP contribution in [-0.2, 0) is 13.0 Å².